The minimum absolute atomic E-state index is 0.00338. The van der Waals surface area contributed by atoms with Crippen molar-refractivity contribution >= 4 is 33.6 Å². The second-order valence-corrected chi connectivity index (χ2v) is 6.77. The molecular formula is C15H18BrF3N2O3. The molecule has 0 aliphatic carbocycles. The van der Waals surface area contributed by atoms with Crippen LogP contribution in [0.2, 0.25) is 0 Å². The number of benzene rings is 1. The highest BCUT2D eigenvalue weighted by Gasteiger charge is 2.33. The van der Waals surface area contributed by atoms with Crippen LogP contribution in [-0.2, 0) is 15.7 Å². The summed E-state index contributed by atoms with van der Waals surface area (Å²) in [7, 11) is 0. The molecule has 2 N–H and O–H groups in total. The minimum atomic E-state index is -4.53. The number of anilines is 1. The zero-order valence-corrected chi connectivity index (χ0v) is 15.0. The molecule has 0 atom stereocenters. The number of carbonyl (C=O) groups is 2. The standard InChI is InChI=1S/C15H18BrF3N2O3/c1-14(2,3)24-13(23)20-7-6-12(22)21-9-4-5-11(16)10(8-9)15(17,18)19/h4-5,8H,6-7H2,1-3H3,(H,20,23)(H,21,22). The molecule has 2 amide bonds. The lowest BCUT2D eigenvalue weighted by Crippen LogP contribution is -2.34. The third-order valence-corrected chi connectivity index (χ3v) is 3.27. The van der Waals surface area contributed by atoms with Crippen molar-refractivity contribution in [1.82, 2.24) is 5.32 Å². The molecule has 0 aliphatic rings. The van der Waals surface area contributed by atoms with Crippen LogP contribution in [0, 0.1) is 0 Å². The summed E-state index contributed by atoms with van der Waals surface area (Å²) in [5.41, 5.74) is -1.52. The van der Waals surface area contributed by atoms with Crippen molar-refractivity contribution in [1.29, 1.82) is 0 Å². The Morgan fingerprint density at radius 1 is 1.21 bits per heavy atom. The van der Waals surface area contributed by atoms with Gasteiger partial charge in [0.15, 0.2) is 0 Å². The third kappa shape index (κ3) is 7.20. The van der Waals surface area contributed by atoms with E-state index < -0.39 is 29.3 Å². The van der Waals surface area contributed by atoms with Crippen LogP contribution in [-0.4, -0.2) is 24.1 Å². The van der Waals surface area contributed by atoms with Gasteiger partial charge >= 0.3 is 12.3 Å². The largest absolute Gasteiger partial charge is 0.444 e. The van der Waals surface area contributed by atoms with E-state index in [1.165, 1.54) is 12.1 Å². The van der Waals surface area contributed by atoms with Crippen LogP contribution in [0.5, 0.6) is 0 Å². The maximum Gasteiger partial charge on any atom is 0.417 e. The van der Waals surface area contributed by atoms with Crippen molar-refractivity contribution in [3.8, 4) is 0 Å². The zero-order chi connectivity index (χ0) is 18.5. The van der Waals surface area contributed by atoms with E-state index >= 15 is 0 Å². The highest BCUT2D eigenvalue weighted by atomic mass is 79.9. The number of nitrogens with one attached hydrogen (secondary N) is 2. The first-order valence-corrected chi connectivity index (χ1v) is 7.81. The SMILES string of the molecule is CC(C)(C)OC(=O)NCCC(=O)Nc1ccc(Br)c(C(F)(F)F)c1. The summed E-state index contributed by atoms with van der Waals surface area (Å²) >= 11 is 2.82. The molecule has 0 unspecified atom stereocenters. The van der Waals surface area contributed by atoms with E-state index in [1.54, 1.807) is 20.8 Å². The minimum Gasteiger partial charge on any atom is -0.444 e. The Balaban J connectivity index is 2.53. The second kappa shape index (κ2) is 7.87. The molecule has 0 fully saturated rings. The number of amides is 2. The summed E-state index contributed by atoms with van der Waals surface area (Å²) in [5, 5.41) is 4.74. The van der Waals surface area contributed by atoms with Gasteiger partial charge in [0, 0.05) is 23.1 Å². The lowest BCUT2D eigenvalue weighted by molar-refractivity contribution is -0.138. The number of alkyl carbamates (subject to hydrolysis) is 1. The fraction of sp³-hybridized carbons (Fsp3) is 0.467. The molecule has 0 bridgehead atoms. The molecule has 0 spiro atoms. The summed E-state index contributed by atoms with van der Waals surface area (Å²) in [6.45, 7) is 5.10. The van der Waals surface area contributed by atoms with Crippen molar-refractivity contribution in [2.75, 3.05) is 11.9 Å². The molecular weight excluding hydrogens is 393 g/mol. The summed E-state index contributed by atoms with van der Waals surface area (Å²) in [6, 6.07) is 3.39. The van der Waals surface area contributed by atoms with Gasteiger partial charge < -0.3 is 15.4 Å². The van der Waals surface area contributed by atoms with E-state index in [0.29, 0.717) is 0 Å². The van der Waals surface area contributed by atoms with Gasteiger partial charge in [-0.05, 0) is 39.0 Å². The van der Waals surface area contributed by atoms with Crippen LogP contribution in [0.25, 0.3) is 0 Å². The third-order valence-electron chi connectivity index (χ3n) is 2.58. The first kappa shape index (κ1) is 20.3. The van der Waals surface area contributed by atoms with E-state index in [4.69, 9.17) is 4.74 Å². The van der Waals surface area contributed by atoms with E-state index in [-0.39, 0.29) is 23.1 Å². The Bertz CT molecular complexity index is 613. The molecule has 9 heteroatoms. The van der Waals surface area contributed by atoms with Crippen LogP contribution in [0.1, 0.15) is 32.8 Å². The van der Waals surface area contributed by atoms with E-state index in [9.17, 15) is 22.8 Å². The Labute approximate surface area is 146 Å². The Morgan fingerprint density at radius 2 is 1.83 bits per heavy atom. The average molecular weight is 411 g/mol. The normalized spacial score (nSPS) is 11.8. The average Bonchev–Trinajstić information content (AvgIpc) is 2.37. The van der Waals surface area contributed by atoms with Crippen LogP contribution in [0.15, 0.2) is 22.7 Å². The summed E-state index contributed by atoms with van der Waals surface area (Å²) in [5.74, 6) is -0.526. The highest BCUT2D eigenvalue weighted by Crippen LogP contribution is 2.36. The predicted octanol–water partition coefficient (Wildman–Crippen LogP) is 4.32. The lowest BCUT2D eigenvalue weighted by Gasteiger charge is -2.19. The van der Waals surface area contributed by atoms with Gasteiger partial charge in [0.1, 0.15) is 5.60 Å². The molecule has 1 aromatic rings. The smallest absolute Gasteiger partial charge is 0.417 e. The van der Waals surface area contributed by atoms with Gasteiger partial charge in [0.2, 0.25) is 5.91 Å². The number of hydrogen-bond acceptors (Lipinski definition) is 3. The molecule has 0 aromatic heterocycles. The molecule has 0 saturated heterocycles. The van der Waals surface area contributed by atoms with Crippen molar-refractivity contribution in [2.45, 2.75) is 39.0 Å². The fourth-order valence-electron chi connectivity index (χ4n) is 1.64. The molecule has 1 rings (SSSR count). The Hall–Kier alpha value is -1.77. The van der Waals surface area contributed by atoms with Crippen LogP contribution >= 0.6 is 15.9 Å². The molecule has 1 aromatic carbocycles. The van der Waals surface area contributed by atoms with Crippen molar-refractivity contribution in [3.05, 3.63) is 28.2 Å². The van der Waals surface area contributed by atoms with Gasteiger partial charge in [0.05, 0.1) is 5.56 Å². The quantitative estimate of drug-likeness (QED) is 0.776. The fourth-order valence-corrected chi connectivity index (χ4v) is 2.11. The number of rotatable bonds is 4. The maximum absolute atomic E-state index is 12.8. The zero-order valence-electron chi connectivity index (χ0n) is 13.4. The first-order valence-electron chi connectivity index (χ1n) is 7.02. The molecule has 0 saturated carbocycles. The number of hydrogen-bond donors (Lipinski definition) is 2. The molecule has 0 heterocycles. The molecule has 24 heavy (non-hydrogen) atoms. The van der Waals surface area contributed by atoms with Gasteiger partial charge in [-0.15, -0.1) is 0 Å². The van der Waals surface area contributed by atoms with Gasteiger partial charge in [-0.3, -0.25) is 4.79 Å². The van der Waals surface area contributed by atoms with Gasteiger partial charge in [-0.2, -0.15) is 13.2 Å². The van der Waals surface area contributed by atoms with E-state index in [2.05, 4.69) is 26.6 Å². The molecule has 134 valence electrons. The van der Waals surface area contributed by atoms with Gasteiger partial charge in [0.25, 0.3) is 0 Å². The second-order valence-electron chi connectivity index (χ2n) is 5.92. The molecule has 5 nitrogen and oxygen atoms in total. The summed E-state index contributed by atoms with van der Waals surface area (Å²) < 4.78 is 43.2. The first-order chi connectivity index (χ1) is 10.9. The summed E-state index contributed by atoms with van der Waals surface area (Å²) in [6.07, 6.45) is -5.30. The van der Waals surface area contributed by atoms with Crippen molar-refractivity contribution in [3.63, 3.8) is 0 Å². The van der Waals surface area contributed by atoms with Gasteiger partial charge in [-0.25, -0.2) is 4.79 Å². The predicted molar refractivity (Wildman–Crippen MR) is 86.6 cm³/mol. The topological polar surface area (TPSA) is 67.4 Å². The van der Waals surface area contributed by atoms with Crippen LogP contribution < -0.4 is 10.6 Å². The van der Waals surface area contributed by atoms with Crippen molar-refractivity contribution in [2.24, 2.45) is 0 Å². The summed E-state index contributed by atoms with van der Waals surface area (Å²) in [4.78, 5) is 23.1. The van der Waals surface area contributed by atoms with Gasteiger partial charge in [-0.1, -0.05) is 15.9 Å². The Kier molecular flexibility index (Phi) is 6.65. The van der Waals surface area contributed by atoms with E-state index in [1.807, 2.05) is 0 Å². The number of ether oxygens (including phenoxy) is 1. The number of carbonyl (C=O) groups excluding carboxylic acids is 2. The number of halogens is 4. The maximum atomic E-state index is 12.8. The molecule has 0 aliphatic heterocycles. The lowest BCUT2D eigenvalue weighted by atomic mass is 10.2. The number of alkyl halides is 3. The van der Waals surface area contributed by atoms with E-state index in [0.717, 1.165) is 6.07 Å². The molecule has 0 radical (unpaired) electrons. The monoisotopic (exact) mass is 410 g/mol. The van der Waals surface area contributed by atoms with Crippen LogP contribution in [0.3, 0.4) is 0 Å². The highest BCUT2D eigenvalue weighted by molar-refractivity contribution is 9.10. The van der Waals surface area contributed by atoms with Crippen molar-refractivity contribution < 1.29 is 27.5 Å². The Morgan fingerprint density at radius 3 is 2.38 bits per heavy atom. The van der Waals surface area contributed by atoms with Crippen LogP contribution in [0.4, 0.5) is 23.7 Å².